The van der Waals surface area contributed by atoms with Crippen LogP contribution in [0.1, 0.15) is 26.2 Å². The Morgan fingerprint density at radius 3 is 2.70 bits per heavy atom. The van der Waals surface area contributed by atoms with Gasteiger partial charge in [-0.3, -0.25) is 0 Å². The van der Waals surface area contributed by atoms with Crippen molar-refractivity contribution < 1.29 is 9.13 Å². The van der Waals surface area contributed by atoms with Gasteiger partial charge in [-0.05, 0) is 25.8 Å². The van der Waals surface area contributed by atoms with E-state index in [1.54, 1.807) is 6.07 Å². The summed E-state index contributed by atoms with van der Waals surface area (Å²) in [5.74, 6) is -0.196. The second-order valence-electron chi connectivity index (χ2n) is 5.33. The number of likely N-dealkylation sites (tertiary alicyclic amines) is 1. The predicted molar refractivity (Wildman–Crippen MR) is 80.7 cm³/mol. The fourth-order valence-electron chi connectivity index (χ4n) is 2.69. The molecule has 1 aromatic rings. The van der Waals surface area contributed by atoms with Crippen LogP contribution >= 0.6 is 0 Å². The van der Waals surface area contributed by atoms with Gasteiger partial charge >= 0.3 is 0 Å². The molecule has 0 atom stereocenters. The average Bonchev–Trinajstić information content (AvgIpc) is 2.44. The van der Waals surface area contributed by atoms with E-state index in [0.29, 0.717) is 11.7 Å². The van der Waals surface area contributed by atoms with Gasteiger partial charge in [-0.1, -0.05) is 6.92 Å². The van der Waals surface area contributed by atoms with E-state index in [2.05, 4.69) is 17.1 Å². The summed E-state index contributed by atoms with van der Waals surface area (Å²) in [5.41, 5.74) is 7.06. The molecule has 0 unspecified atom stereocenters. The van der Waals surface area contributed by atoms with Crippen molar-refractivity contribution in [3.8, 4) is 5.75 Å². The Bertz CT molecular complexity index is 445. The van der Waals surface area contributed by atoms with Crippen LogP contribution < -0.4 is 15.8 Å². The number of nitrogens with two attached hydrogens (primary N) is 1. The molecule has 1 saturated heterocycles. The van der Waals surface area contributed by atoms with E-state index in [1.165, 1.54) is 26.1 Å². The normalized spacial score (nSPS) is 17.1. The molecule has 1 heterocycles. The van der Waals surface area contributed by atoms with E-state index in [1.807, 2.05) is 0 Å². The number of methoxy groups -OCH3 is 1. The minimum absolute atomic E-state index is 0.227. The topological polar surface area (TPSA) is 50.5 Å². The SMILES string of the molecule is CCCN1CCC(Nc2cc(OC)c(F)cc2N)CC1. The molecular formula is C15H24FN3O. The van der Waals surface area contributed by atoms with Crippen LogP contribution in [0.2, 0.25) is 0 Å². The van der Waals surface area contributed by atoms with Gasteiger partial charge in [0, 0.05) is 31.3 Å². The number of anilines is 2. The largest absolute Gasteiger partial charge is 0.494 e. The van der Waals surface area contributed by atoms with Crippen molar-refractivity contribution in [1.29, 1.82) is 0 Å². The minimum Gasteiger partial charge on any atom is -0.494 e. The van der Waals surface area contributed by atoms with Crippen molar-refractivity contribution in [2.75, 3.05) is 37.8 Å². The molecule has 0 amide bonds. The molecule has 0 aromatic heterocycles. The lowest BCUT2D eigenvalue weighted by atomic mass is 10.0. The molecule has 0 bridgehead atoms. The van der Waals surface area contributed by atoms with Crippen molar-refractivity contribution in [2.45, 2.75) is 32.2 Å². The first kappa shape index (κ1) is 14.9. The third-order valence-electron chi connectivity index (χ3n) is 3.81. The van der Waals surface area contributed by atoms with E-state index >= 15 is 0 Å². The van der Waals surface area contributed by atoms with E-state index in [0.717, 1.165) is 31.6 Å². The van der Waals surface area contributed by atoms with Crippen molar-refractivity contribution in [2.24, 2.45) is 0 Å². The van der Waals surface area contributed by atoms with Crippen molar-refractivity contribution in [3.05, 3.63) is 17.9 Å². The molecule has 4 nitrogen and oxygen atoms in total. The number of benzene rings is 1. The number of nitrogens with zero attached hydrogens (tertiary/aromatic N) is 1. The highest BCUT2D eigenvalue weighted by molar-refractivity contribution is 5.69. The maximum Gasteiger partial charge on any atom is 0.167 e. The highest BCUT2D eigenvalue weighted by atomic mass is 19.1. The summed E-state index contributed by atoms with van der Waals surface area (Å²) >= 11 is 0. The highest BCUT2D eigenvalue weighted by Gasteiger charge is 2.19. The third kappa shape index (κ3) is 3.54. The summed E-state index contributed by atoms with van der Waals surface area (Å²) in [4.78, 5) is 2.48. The van der Waals surface area contributed by atoms with Gasteiger partial charge in [0.1, 0.15) is 0 Å². The summed E-state index contributed by atoms with van der Waals surface area (Å²) in [6.07, 6.45) is 3.36. The van der Waals surface area contributed by atoms with Crippen LogP contribution in [0.5, 0.6) is 5.75 Å². The van der Waals surface area contributed by atoms with Crippen LogP contribution in [0.4, 0.5) is 15.8 Å². The maximum absolute atomic E-state index is 13.5. The van der Waals surface area contributed by atoms with Crippen LogP contribution in [0.15, 0.2) is 12.1 Å². The number of nitrogen functional groups attached to an aromatic ring is 1. The quantitative estimate of drug-likeness (QED) is 0.815. The Balaban J connectivity index is 1.97. The molecule has 20 heavy (non-hydrogen) atoms. The lowest BCUT2D eigenvalue weighted by Crippen LogP contribution is -2.39. The zero-order chi connectivity index (χ0) is 14.5. The van der Waals surface area contributed by atoms with Gasteiger partial charge < -0.3 is 20.7 Å². The van der Waals surface area contributed by atoms with Gasteiger partial charge in [0.2, 0.25) is 0 Å². The molecule has 3 N–H and O–H groups in total. The van der Waals surface area contributed by atoms with Crippen molar-refractivity contribution in [1.82, 2.24) is 4.90 Å². The summed E-state index contributed by atoms with van der Waals surface area (Å²) in [7, 11) is 1.46. The molecule has 1 aliphatic heterocycles. The predicted octanol–water partition coefficient (Wildman–Crippen LogP) is 2.70. The monoisotopic (exact) mass is 281 g/mol. The number of halogens is 1. The maximum atomic E-state index is 13.5. The number of piperidine rings is 1. The van der Waals surface area contributed by atoms with E-state index in [9.17, 15) is 4.39 Å². The summed E-state index contributed by atoms with van der Waals surface area (Å²) < 4.78 is 18.5. The molecule has 2 rings (SSSR count). The molecule has 0 radical (unpaired) electrons. The van der Waals surface area contributed by atoms with Crippen LogP contribution in [-0.2, 0) is 0 Å². The first-order chi connectivity index (χ1) is 9.63. The molecule has 1 aromatic carbocycles. The summed E-state index contributed by atoms with van der Waals surface area (Å²) in [5, 5.41) is 3.42. The summed E-state index contributed by atoms with van der Waals surface area (Å²) in [6.45, 7) is 5.57. The van der Waals surface area contributed by atoms with Crippen LogP contribution in [0.25, 0.3) is 0 Å². The Hall–Kier alpha value is -1.49. The van der Waals surface area contributed by atoms with Crippen LogP contribution in [0.3, 0.4) is 0 Å². The van der Waals surface area contributed by atoms with Gasteiger partial charge in [-0.2, -0.15) is 0 Å². The van der Waals surface area contributed by atoms with Gasteiger partial charge in [-0.25, -0.2) is 4.39 Å². The molecule has 1 fully saturated rings. The number of nitrogens with one attached hydrogen (secondary N) is 1. The average molecular weight is 281 g/mol. The lowest BCUT2D eigenvalue weighted by Gasteiger charge is -2.32. The summed E-state index contributed by atoms with van der Waals surface area (Å²) in [6, 6.07) is 3.34. The Kier molecular flexibility index (Phi) is 5.06. The number of hydrogen-bond donors (Lipinski definition) is 2. The Morgan fingerprint density at radius 1 is 1.40 bits per heavy atom. The number of rotatable bonds is 5. The van der Waals surface area contributed by atoms with E-state index in [-0.39, 0.29) is 5.75 Å². The smallest absolute Gasteiger partial charge is 0.167 e. The van der Waals surface area contributed by atoms with Crippen molar-refractivity contribution >= 4 is 11.4 Å². The number of ether oxygens (including phenoxy) is 1. The van der Waals surface area contributed by atoms with Gasteiger partial charge in [-0.15, -0.1) is 0 Å². The van der Waals surface area contributed by atoms with E-state index < -0.39 is 5.82 Å². The zero-order valence-corrected chi connectivity index (χ0v) is 12.3. The molecule has 5 heteroatoms. The lowest BCUT2D eigenvalue weighted by molar-refractivity contribution is 0.219. The molecule has 0 saturated carbocycles. The minimum atomic E-state index is -0.423. The second kappa shape index (κ2) is 6.79. The Labute approximate surface area is 120 Å². The van der Waals surface area contributed by atoms with Gasteiger partial charge in [0.15, 0.2) is 11.6 Å². The van der Waals surface area contributed by atoms with Gasteiger partial charge in [0.05, 0.1) is 18.5 Å². The fraction of sp³-hybridized carbons (Fsp3) is 0.600. The molecule has 0 spiro atoms. The molecule has 112 valence electrons. The molecular weight excluding hydrogens is 257 g/mol. The van der Waals surface area contributed by atoms with Crippen LogP contribution in [-0.4, -0.2) is 37.7 Å². The third-order valence-corrected chi connectivity index (χ3v) is 3.81. The highest BCUT2D eigenvalue weighted by Crippen LogP contribution is 2.29. The van der Waals surface area contributed by atoms with E-state index in [4.69, 9.17) is 10.5 Å². The fourth-order valence-corrected chi connectivity index (χ4v) is 2.69. The van der Waals surface area contributed by atoms with Crippen molar-refractivity contribution in [3.63, 3.8) is 0 Å². The molecule has 0 aliphatic carbocycles. The molecule has 1 aliphatic rings. The number of hydrogen-bond acceptors (Lipinski definition) is 4. The standard InChI is InChI=1S/C15H24FN3O/c1-3-6-19-7-4-11(5-8-19)18-14-10-15(20-2)12(16)9-13(14)17/h9-11,18H,3-8,17H2,1-2H3. The Morgan fingerprint density at radius 2 is 2.10 bits per heavy atom. The van der Waals surface area contributed by atoms with Gasteiger partial charge in [0.25, 0.3) is 0 Å². The second-order valence-corrected chi connectivity index (χ2v) is 5.33. The first-order valence-electron chi connectivity index (χ1n) is 7.26. The zero-order valence-electron chi connectivity index (χ0n) is 12.3. The van der Waals surface area contributed by atoms with Crippen LogP contribution in [0, 0.1) is 5.82 Å². The first-order valence-corrected chi connectivity index (χ1v) is 7.26.